The highest BCUT2D eigenvalue weighted by molar-refractivity contribution is 6.30. The number of primary amides is 1. The van der Waals surface area contributed by atoms with Gasteiger partial charge >= 0.3 is 0 Å². The molecule has 0 saturated heterocycles. The summed E-state index contributed by atoms with van der Waals surface area (Å²) < 4.78 is 0. The predicted molar refractivity (Wildman–Crippen MR) is 53.8 cm³/mol. The number of anilines is 1. The van der Waals surface area contributed by atoms with Crippen LogP contribution >= 0.6 is 11.6 Å². The summed E-state index contributed by atoms with van der Waals surface area (Å²) in [5.41, 5.74) is 5.88. The van der Waals surface area contributed by atoms with Gasteiger partial charge in [0.1, 0.15) is 0 Å². The molecule has 0 aliphatic rings. The minimum Gasteiger partial charge on any atom is -0.384 e. The fourth-order valence-corrected chi connectivity index (χ4v) is 1.12. The van der Waals surface area contributed by atoms with E-state index < -0.39 is 0 Å². The Balaban J connectivity index is 2.41. The summed E-state index contributed by atoms with van der Waals surface area (Å²) in [6, 6.07) is 7.31. The minimum absolute atomic E-state index is 0.311. The Labute approximate surface area is 81.9 Å². The quantitative estimate of drug-likeness (QED) is 0.773. The Kier molecular flexibility index (Phi) is 3.58. The molecule has 13 heavy (non-hydrogen) atoms. The highest BCUT2D eigenvalue weighted by Gasteiger charge is 1.95. The maximum absolute atomic E-state index is 10.4. The predicted octanol–water partition coefficient (Wildman–Crippen LogP) is 1.63. The highest BCUT2D eigenvalue weighted by Crippen LogP contribution is 2.14. The summed E-state index contributed by atoms with van der Waals surface area (Å²) in [5, 5.41) is 3.70. The van der Waals surface area contributed by atoms with Gasteiger partial charge in [0.25, 0.3) is 0 Å². The number of amides is 1. The van der Waals surface area contributed by atoms with Gasteiger partial charge in [-0.1, -0.05) is 17.7 Å². The van der Waals surface area contributed by atoms with Crippen molar-refractivity contribution in [1.29, 1.82) is 0 Å². The Morgan fingerprint density at radius 3 is 2.92 bits per heavy atom. The lowest BCUT2D eigenvalue weighted by atomic mass is 10.3. The van der Waals surface area contributed by atoms with E-state index in [0.717, 1.165) is 5.69 Å². The van der Waals surface area contributed by atoms with Gasteiger partial charge in [-0.05, 0) is 18.2 Å². The van der Waals surface area contributed by atoms with E-state index in [1.165, 1.54) is 0 Å². The van der Waals surface area contributed by atoms with Crippen LogP contribution in [0.2, 0.25) is 5.02 Å². The molecule has 70 valence electrons. The van der Waals surface area contributed by atoms with Gasteiger partial charge in [-0.25, -0.2) is 0 Å². The standard InChI is InChI=1S/C9H11ClN2O/c10-7-2-1-3-8(6-7)12-5-4-9(11)13/h1-3,6,12H,4-5H2,(H2,11,13). The number of carbonyl (C=O) groups excluding carboxylic acids is 1. The lowest BCUT2D eigenvalue weighted by Gasteiger charge is -2.04. The summed E-state index contributed by atoms with van der Waals surface area (Å²) in [4.78, 5) is 10.4. The van der Waals surface area contributed by atoms with E-state index in [0.29, 0.717) is 18.0 Å². The molecule has 1 aromatic rings. The third-order valence-corrected chi connectivity index (χ3v) is 1.76. The first-order valence-electron chi connectivity index (χ1n) is 3.96. The van der Waals surface area contributed by atoms with Gasteiger partial charge in [-0.15, -0.1) is 0 Å². The van der Waals surface area contributed by atoms with E-state index in [4.69, 9.17) is 17.3 Å². The van der Waals surface area contributed by atoms with Gasteiger partial charge in [0, 0.05) is 23.7 Å². The van der Waals surface area contributed by atoms with Crippen LogP contribution in [0.15, 0.2) is 24.3 Å². The Hall–Kier alpha value is -1.22. The van der Waals surface area contributed by atoms with Gasteiger partial charge in [-0.3, -0.25) is 4.79 Å². The number of nitrogens with two attached hydrogens (primary N) is 1. The molecule has 4 heteroatoms. The second-order valence-electron chi connectivity index (χ2n) is 2.65. The normalized spacial score (nSPS) is 9.62. The van der Waals surface area contributed by atoms with Crippen LogP contribution in [0.1, 0.15) is 6.42 Å². The van der Waals surface area contributed by atoms with Crippen LogP contribution in [-0.4, -0.2) is 12.5 Å². The molecule has 0 aromatic heterocycles. The van der Waals surface area contributed by atoms with Crippen molar-refractivity contribution in [3.63, 3.8) is 0 Å². The van der Waals surface area contributed by atoms with Crippen LogP contribution in [0.4, 0.5) is 5.69 Å². The second-order valence-corrected chi connectivity index (χ2v) is 3.09. The van der Waals surface area contributed by atoms with Crippen LogP contribution in [0.3, 0.4) is 0 Å². The molecule has 1 amide bonds. The van der Waals surface area contributed by atoms with Gasteiger partial charge in [0.2, 0.25) is 5.91 Å². The summed E-state index contributed by atoms with van der Waals surface area (Å²) in [5.74, 6) is -0.311. The lowest BCUT2D eigenvalue weighted by Crippen LogP contribution is -2.15. The van der Waals surface area contributed by atoms with Crippen molar-refractivity contribution in [3.05, 3.63) is 29.3 Å². The van der Waals surface area contributed by atoms with Crippen molar-refractivity contribution < 1.29 is 4.79 Å². The van der Waals surface area contributed by atoms with Crippen LogP contribution < -0.4 is 11.1 Å². The molecule has 0 fully saturated rings. The average Bonchev–Trinajstić information content (AvgIpc) is 2.03. The number of halogens is 1. The molecule has 0 heterocycles. The molecular weight excluding hydrogens is 188 g/mol. The summed E-state index contributed by atoms with van der Waals surface area (Å²) in [7, 11) is 0. The van der Waals surface area contributed by atoms with Crippen molar-refractivity contribution in [2.75, 3.05) is 11.9 Å². The number of hydrogen-bond acceptors (Lipinski definition) is 2. The van der Waals surface area contributed by atoms with Crippen molar-refractivity contribution in [2.24, 2.45) is 5.73 Å². The Morgan fingerprint density at radius 1 is 1.54 bits per heavy atom. The third kappa shape index (κ3) is 3.80. The van der Waals surface area contributed by atoms with Crippen molar-refractivity contribution in [3.8, 4) is 0 Å². The number of nitrogens with one attached hydrogen (secondary N) is 1. The molecule has 0 aliphatic carbocycles. The van der Waals surface area contributed by atoms with Crippen LogP contribution in [0.25, 0.3) is 0 Å². The molecule has 3 N–H and O–H groups in total. The number of rotatable bonds is 4. The lowest BCUT2D eigenvalue weighted by molar-refractivity contribution is -0.117. The van der Waals surface area contributed by atoms with E-state index >= 15 is 0 Å². The number of hydrogen-bond donors (Lipinski definition) is 2. The zero-order valence-electron chi connectivity index (χ0n) is 7.09. The summed E-state index contributed by atoms with van der Waals surface area (Å²) in [6.45, 7) is 0.537. The molecule has 0 bridgehead atoms. The smallest absolute Gasteiger partial charge is 0.219 e. The Bertz CT molecular complexity index is 301. The fraction of sp³-hybridized carbons (Fsp3) is 0.222. The largest absolute Gasteiger partial charge is 0.384 e. The molecule has 3 nitrogen and oxygen atoms in total. The SMILES string of the molecule is NC(=O)CCNc1cccc(Cl)c1. The average molecular weight is 199 g/mol. The van der Waals surface area contributed by atoms with Crippen molar-refractivity contribution in [1.82, 2.24) is 0 Å². The maximum atomic E-state index is 10.4. The van der Waals surface area contributed by atoms with Gasteiger partial charge in [0.15, 0.2) is 0 Å². The zero-order chi connectivity index (χ0) is 9.68. The third-order valence-electron chi connectivity index (χ3n) is 1.53. The summed E-state index contributed by atoms with van der Waals surface area (Å²) >= 11 is 5.75. The first-order valence-corrected chi connectivity index (χ1v) is 4.34. The maximum Gasteiger partial charge on any atom is 0.219 e. The van der Waals surface area contributed by atoms with Crippen LogP contribution in [-0.2, 0) is 4.79 Å². The Morgan fingerprint density at radius 2 is 2.31 bits per heavy atom. The second kappa shape index (κ2) is 4.72. The first-order chi connectivity index (χ1) is 6.18. The van der Waals surface area contributed by atoms with E-state index in [-0.39, 0.29) is 5.91 Å². The van der Waals surface area contributed by atoms with E-state index in [1.54, 1.807) is 12.1 Å². The first kappa shape index (κ1) is 9.86. The van der Waals surface area contributed by atoms with E-state index in [1.807, 2.05) is 12.1 Å². The molecule has 1 rings (SSSR count). The number of carbonyl (C=O) groups is 1. The topological polar surface area (TPSA) is 55.1 Å². The van der Waals surface area contributed by atoms with Gasteiger partial charge in [-0.2, -0.15) is 0 Å². The number of benzene rings is 1. The zero-order valence-corrected chi connectivity index (χ0v) is 7.84. The van der Waals surface area contributed by atoms with Crippen molar-refractivity contribution >= 4 is 23.2 Å². The monoisotopic (exact) mass is 198 g/mol. The molecule has 0 saturated carbocycles. The van der Waals surface area contributed by atoms with E-state index in [2.05, 4.69) is 5.32 Å². The van der Waals surface area contributed by atoms with E-state index in [9.17, 15) is 4.79 Å². The molecule has 0 atom stereocenters. The van der Waals surface area contributed by atoms with Crippen molar-refractivity contribution in [2.45, 2.75) is 6.42 Å². The summed E-state index contributed by atoms with van der Waals surface area (Å²) in [6.07, 6.45) is 0.326. The molecule has 1 aromatic carbocycles. The molecule has 0 unspecified atom stereocenters. The molecule has 0 spiro atoms. The fourth-order valence-electron chi connectivity index (χ4n) is 0.928. The van der Waals surface area contributed by atoms with Crippen LogP contribution in [0.5, 0.6) is 0 Å². The van der Waals surface area contributed by atoms with Gasteiger partial charge in [0.05, 0.1) is 0 Å². The minimum atomic E-state index is -0.311. The molecular formula is C9H11ClN2O. The highest BCUT2D eigenvalue weighted by atomic mass is 35.5. The molecule has 0 radical (unpaired) electrons. The van der Waals surface area contributed by atoms with Crippen LogP contribution in [0, 0.1) is 0 Å². The molecule has 0 aliphatic heterocycles. The van der Waals surface area contributed by atoms with Gasteiger partial charge < -0.3 is 11.1 Å².